The van der Waals surface area contributed by atoms with E-state index in [4.69, 9.17) is 4.74 Å². The zero-order valence-electron chi connectivity index (χ0n) is 8.43. The molecule has 0 aliphatic carbocycles. The van der Waals surface area contributed by atoms with E-state index in [0.29, 0.717) is 11.3 Å². The van der Waals surface area contributed by atoms with Crippen LogP contribution < -0.4 is 10.2 Å². The van der Waals surface area contributed by atoms with E-state index >= 15 is 0 Å². The minimum atomic E-state index is -0.416. The van der Waals surface area contributed by atoms with Crippen LogP contribution in [0.1, 0.15) is 6.92 Å². The Bertz CT molecular complexity index is 406. The van der Waals surface area contributed by atoms with E-state index in [1.165, 1.54) is 0 Å². The van der Waals surface area contributed by atoms with Crippen molar-refractivity contribution in [3.63, 3.8) is 0 Å². The number of carbonyl (C=O) groups excluding carboxylic acids is 1. The van der Waals surface area contributed by atoms with Gasteiger partial charge in [-0.3, -0.25) is 0 Å². The predicted molar refractivity (Wildman–Crippen MR) is 70.5 cm³/mol. The Morgan fingerprint density at radius 3 is 2.53 bits per heavy atom. The molecule has 1 aromatic carbocycles. The minimum absolute atomic E-state index is 0.379. The summed E-state index contributed by atoms with van der Waals surface area (Å²) in [6.45, 7) is 5.14. The summed E-state index contributed by atoms with van der Waals surface area (Å²) in [5, 5.41) is 0. The number of hydrogen-bond acceptors (Lipinski definition) is 2. The first-order valence-electron chi connectivity index (χ1n) is 4.25. The Kier molecular flexibility index (Phi) is 4.17. The predicted octanol–water partition coefficient (Wildman–Crippen LogP) is 1.95. The second-order valence-corrected chi connectivity index (χ2v) is 4.97. The first kappa shape index (κ1) is 12.5. The Hall–Kier alpha value is -0.545. The van der Waals surface area contributed by atoms with Crippen molar-refractivity contribution in [2.45, 2.75) is 6.92 Å². The van der Waals surface area contributed by atoms with E-state index in [1.807, 2.05) is 20.0 Å². The SMILES string of the molecule is Bc1cc(Br)cc(Br)c1OC(=O)C(=C)C. The Labute approximate surface area is 106 Å². The highest BCUT2D eigenvalue weighted by Gasteiger charge is 2.11. The summed E-state index contributed by atoms with van der Waals surface area (Å²) in [5.74, 6) is 0.118. The summed E-state index contributed by atoms with van der Waals surface area (Å²) >= 11 is 6.69. The average molecular weight is 332 g/mol. The molecule has 0 radical (unpaired) electrons. The lowest BCUT2D eigenvalue weighted by Crippen LogP contribution is -2.16. The number of benzene rings is 1. The highest BCUT2D eigenvalue weighted by Crippen LogP contribution is 2.26. The molecule has 0 saturated heterocycles. The fraction of sp³-hybridized carbons (Fsp3) is 0.100. The van der Waals surface area contributed by atoms with Gasteiger partial charge in [-0.2, -0.15) is 0 Å². The molecule has 0 aliphatic heterocycles. The maximum absolute atomic E-state index is 11.3. The Balaban J connectivity index is 3.05. The smallest absolute Gasteiger partial charge is 0.338 e. The maximum atomic E-state index is 11.3. The normalized spacial score (nSPS) is 9.80. The summed E-state index contributed by atoms with van der Waals surface area (Å²) in [6, 6.07) is 3.71. The fourth-order valence-corrected chi connectivity index (χ4v) is 2.52. The highest BCUT2D eigenvalue weighted by molar-refractivity contribution is 9.11. The zero-order chi connectivity index (χ0) is 11.6. The highest BCUT2D eigenvalue weighted by atomic mass is 79.9. The van der Waals surface area contributed by atoms with Crippen molar-refractivity contribution in [1.82, 2.24) is 0 Å². The monoisotopic (exact) mass is 330 g/mol. The Morgan fingerprint density at radius 1 is 1.47 bits per heavy atom. The third kappa shape index (κ3) is 3.21. The third-order valence-corrected chi connectivity index (χ3v) is 2.78. The van der Waals surface area contributed by atoms with E-state index in [9.17, 15) is 4.79 Å². The summed E-state index contributed by atoms with van der Waals surface area (Å²) < 4.78 is 6.86. The molecule has 5 heteroatoms. The second-order valence-electron chi connectivity index (χ2n) is 3.20. The van der Waals surface area contributed by atoms with Gasteiger partial charge in [-0.15, -0.1) is 0 Å². The standard InChI is InChI=1S/C10H9BBr2O2/c1-5(2)10(14)15-9-7(11)3-6(12)4-8(9)13/h3-4H,1,11H2,2H3. The molecular weight excluding hydrogens is 323 g/mol. The lowest BCUT2D eigenvalue weighted by atomic mass is 9.95. The number of carbonyl (C=O) groups is 1. The molecule has 2 nitrogen and oxygen atoms in total. The van der Waals surface area contributed by atoms with Gasteiger partial charge in [0, 0.05) is 10.0 Å². The van der Waals surface area contributed by atoms with Gasteiger partial charge in [-0.1, -0.05) is 28.6 Å². The molecule has 15 heavy (non-hydrogen) atoms. The number of ether oxygens (including phenoxy) is 1. The fourth-order valence-electron chi connectivity index (χ4n) is 0.998. The molecule has 0 heterocycles. The van der Waals surface area contributed by atoms with Gasteiger partial charge in [-0.25, -0.2) is 4.79 Å². The largest absolute Gasteiger partial charge is 0.423 e. The van der Waals surface area contributed by atoms with Gasteiger partial charge in [0.25, 0.3) is 0 Å². The first-order chi connectivity index (χ1) is 6.91. The van der Waals surface area contributed by atoms with E-state index in [1.54, 1.807) is 6.92 Å². The molecule has 0 aromatic heterocycles. The molecule has 0 saturated carbocycles. The summed E-state index contributed by atoms with van der Waals surface area (Å²) in [4.78, 5) is 11.3. The van der Waals surface area contributed by atoms with Gasteiger partial charge in [-0.05, 0) is 34.4 Å². The van der Waals surface area contributed by atoms with Crippen LogP contribution in [-0.2, 0) is 4.79 Å². The quantitative estimate of drug-likeness (QED) is 0.358. The summed E-state index contributed by atoms with van der Waals surface area (Å²) in [6.07, 6.45) is 0. The van der Waals surface area contributed by atoms with E-state index in [2.05, 4.69) is 38.4 Å². The van der Waals surface area contributed by atoms with Crippen LogP contribution in [0.5, 0.6) is 5.75 Å². The first-order valence-corrected chi connectivity index (χ1v) is 5.83. The third-order valence-electron chi connectivity index (χ3n) is 1.74. The molecule has 0 amide bonds. The average Bonchev–Trinajstić information content (AvgIpc) is 2.10. The topological polar surface area (TPSA) is 26.3 Å². The van der Waals surface area contributed by atoms with Crippen molar-refractivity contribution in [1.29, 1.82) is 0 Å². The lowest BCUT2D eigenvalue weighted by Gasteiger charge is -2.09. The molecular formula is C10H9BBr2O2. The molecule has 0 atom stereocenters. The van der Waals surface area contributed by atoms with E-state index in [-0.39, 0.29) is 0 Å². The van der Waals surface area contributed by atoms with Gasteiger partial charge < -0.3 is 4.74 Å². The van der Waals surface area contributed by atoms with Crippen molar-refractivity contribution < 1.29 is 9.53 Å². The van der Waals surface area contributed by atoms with Crippen LogP contribution >= 0.6 is 31.9 Å². The van der Waals surface area contributed by atoms with Gasteiger partial charge in [0.2, 0.25) is 0 Å². The molecule has 0 spiro atoms. The molecule has 0 bridgehead atoms. The van der Waals surface area contributed by atoms with Crippen LogP contribution in [0.2, 0.25) is 0 Å². The van der Waals surface area contributed by atoms with Crippen molar-refractivity contribution in [3.05, 3.63) is 33.2 Å². The van der Waals surface area contributed by atoms with Crippen LogP contribution in [-0.4, -0.2) is 13.8 Å². The molecule has 0 fully saturated rings. The maximum Gasteiger partial charge on any atom is 0.338 e. The van der Waals surface area contributed by atoms with E-state index < -0.39 is 5.97 Å². The van der Waals surface area contributed by atoms with Crippen molar-refractivity contribution in [3.8, 4) is 5.75 Å². The minimum Gasteiger partial charge on any atom is -0.423 e. The summed E-state index contributed by atoms with van der Waals surface area (Å²) in [7, 11) is 1.87. The van der Waals surface area contributed by atoms with Gasteiger partial charge in [0.1, 0.15) is 13.6 Å². The number of esters is 1. The van der Waals surface area contributed by atoms with Crippen molar-refractivity contribution >= 4 is 51.1 Å². The van der Waals surface area contributed by atoms with Gasteiger partial charge in [0.05, 0.1) is 4.47 Å². The Morgan fingerprint density at radius 2 is 2.07 bits per heavy atom. The molecule has 0 aliphatic rings. The van der Waals surface area contributed by atoms with Crippen LogP contribution in [0.25, 0.3) is 0 Å². The van der Waals surface area contributed by atoms with Crippen LogP contribution in [0.4, 0.5) is 0 Å². The molecule has 1 rings (SSSR count). The van der Waals surface area contributed by atoms with E-state index in [0.717, 1.165) is 14.4 Å². The van der Waals surface area contributed by atoms with Crippen molar-refractivity contribution in [2.75, 3.05) is 0 Å². The molecule has 78 valence electrons. The summed E-state index contributed by atoms with van der Waals surface area (Å²) in [5.41, 5.74) is 1.26. The zero-order valence-corrected chi connectivity index (χ0v) is 11.6. The molecule has 1 aromatic rings. The van der Waals surface area contributed by atoms with Crippen LogP contribution in [0.15, 0.2) is 33.2 Å². The van der Waals surface area contributed by atoms with Gasteiger partial charge in [0.15, 0.2) is 0 Å². The second kappa shape index (κ2) is 4.99. The van der Waals surface area contributed by atoms with Gasteiger partial charge >= 0.3 is 5.97 Å². The number of halogens is 2. The number of hydrogen-bond donors (Lipinski definition) is 0. The van der Waals surface area contributed by atoms with Crippen molar-refractivity contribution in [2.24, 2.45) is 0 Å². The molecule has 0 N–H and O–H groups in total. The number of rotatable bonds is 2. The molecule has 0 unspecified atom stereocenters. The van der Waals surface area contributed by atoms with Crippen LogP contribution in [0, 0.1) is 0 Å². The lowest BCUT2D eigenvalue weighted by molar-refractivity contribution is -0.130. The van der Waals surface area contributed by atoms with Crippen LogP contribution in [0.3, 0.4) is 0 Å².